The first-order valence-electron chi connectivity index (χ1n) is 6.59. The standard InChI is InChI=1S/C16H14N2O3S/c1-20-10-7-8-12-11(9-10)15(19)18(16(22)17-12)13-5-3-4-6-14(13)21-2/h3-9H,1-2H3,(H,17,22). The minimum atomic E-state index is -0.224. The minimum Gasteiger partial charge on any atom is -0.497 e. The van der Waals surface area contributed by atoms with Crippen LogP contribution in [0.1, 0.15) is 0 Å². The van der Waals surface area contributed by atoms with E-state index < -0.39 is 0 Å². The summed E-state index contributed by atoms with van der Waals surface area (Å²) in [6.45, 7) is 0. The van der Waals surface area contributed by atoms with Crippen molar-refractivity contribution in [1.82, 2.24) is 9.55 Å². The molecule has 0 radical (unpaired) electrons. The van der Waals surface area contributed by atoms with Crippen LogP contribution in [-0.2, 0) is 0 Å². The van der Waals surface area contributed by atoms with Crippen LogP contribution in [0.4, 0.5) is 0 Å². The number of rotatable bonds is 3. The van der Waals surface area contributed by atoms with Crippen LogP contribution in [0.25, 0.3) is 16.6 Å². The van der Waals surface area contributed by atoms with Crippen molar-refractivity contribution in [3.63, 3.8) is 0 Å². The maximum absolute atomic E-state index is 12.8. The van der Waals surface area contributed by atoms with E-state index in [2.05, 4.69) is 17.6 Å². The molecule has 112 valence electrons. The maximum atomic E-state index is 12.8. The molecule has 0 bridgehead atoms. The van der Waals surface area contributed by atoms with Gasteiger partial charge in [-0.2, -0.15) is 0 Å². The minimum absolute atomic E-state index is 0.224. The number of hydrogen-bond acceptors (Lipinski definition) is 5. The zero-order valence-corrected chi connectivity index (χ0v) is 13.0. The summed E-state index contributed by atoms with van der Waals surface area (Å²) in [5, 5.41) is 0.759. The number of hydrogen-bond donors (Lipinski definition) is 1. The van der Waals surface area contributed by atoms with Crippen LogP contribution >= 0.6 is 12.6 Å². The first-order chi connectivity index (χ1) is 10.7. The van der Waals surface area contributed by atoms with Crippen molar-refractivity contribution in [3.05, 3.63) is 52.8 Å². The Hall–Kier alpha value is -2.47. The van der Waals surface area contributed by atoms with E-state index in [9.17, 15) is 4.79 Å². The molecule has 0 saturated heterocycles. The van der Waals surface area contributed by atoms with Crippen LogP contribution in [0.3, 0.4) is 0 Å². The number of nitrogens with zero attached hydrogens (tertiary/aromatic N) is 2. The molecule has 0 aliphatic carbocycles. The van der Waals surface area contributed by atoms with E-state index in [-0.39, 0.29) is 5.56 Å². The highest BCUT2D eigenvalue weighted by Crippen LogP contribution is 2.25. The molecule has 6 heteroatoms. The summed E-state index contributed by atoms with van der Waals surface area (Å²) in [7, 11) is 3.11. The van der Waals surface area contributed by atoms with Crippen LogP contribution < -0.4 is 15.0 Å². The highest BCUT2D eigenvalue weighted by atomic mass is 32.1. The van der Waals surface area contributed by atoms with Crippen molar-refractivity contribution < 1.29 is 9.47 Å². The van der Waals surface area contributed by atoms with E-state index >= 15 is 0 Å². The molecule has 1 heterocycles. The number of thiol groups is 1. The molecule has 0 aliphatic rings. The lowest BCUT2D eigenvalue weighted by molar-refractivity contribution is 0.411. The SMILES string of the molecule is COc1ccc2nc(S)n(-c3ccccc3OC)c(=O)c2c1. The van der Waals surface area contributed by atoms with Gasteiger partial charge in [-0.3, -0.25) is 9.36 Å². The fraction of sp³-hybridized carbons (Fsp3) is 0.125. The van der Waals surface area contributed by atoms with E-state index in [1.54, 1.807) is 44.6 Å². The third-order valence-corrected chi connectivity index (χ3v) is 3.68. The van der Waals surface area contributed by atoms with E-state index in [0.29, 0.717) is 33.2 Å². The highest BCUT2D eigenvalue weighted by Gasteiger charge is 2.14. The first-order valence-corrected chi connectivity index (χ1v) is 7.03. The summed E-state index contributed by atoms with van der Waals surface area (Å²) < 4.78 is 11.9. The van der Waals surface area contributed by atoms with Crippen molar-refractivity contribution in [2.45, 2.75) is 5.16 Å². The molecule has 0 saturated carbocycles. The predicted octanol–water partition coefficient (Wildman–Crippen LogP) is 2.69. The summed E-state index contributed by atoms with van der Waals surface area (Å²) in [6.07, 6.45) is 0. The lowest BCUT2D eigenvalue weighted by Crippen LogP contribution is -2.21. The van der Waals surface area contributed by atoms with Gasteiger partial charge < -0.3 is 9.47 Å². The number of ether oxygens (including phenoxy) is 2. The molecule has 3 rings (SSSR count). The first kappa shape index (κ1) is 14.5. The molecule has 0 unspecified atom stereocenters. The second-order valence-corrected chi connectivity index (χ2v) is 5.01. The molecule has 5 nitrogen and oxygen atoms in total. The summed E-state index contributed by atoms with van der Waals surface area (Å²) in [5.41, 5.74) is 0.942. The Labute approximate surface area is 132 Å². The van der Waals surface area contributed by atoms with Crippen molar-refractivity contribution in [3.8, 4) is 17.2 Å². The topological polar surface area (TPSA) is 53.4 Å². The molecule has 3 aromatic rings. The Morgan fingerprint density at radius 3 is 2.59 bits per heavy atom. The fourth-order valence-electron chi connectivity index (χ4n) is 2.31. The summed E-state index contributed by atoms with van der Waals surface area (Å²) in [6, 6.07) is 12.4. The molecule has 0 amide bonds. The van der Waals surface area contributed by atoms with Gasteiger partial charge in [-0.05, 0) is 30.3 Å². The van der Waals surface area contributed by atoms with Crippen LogP contribution in [0.5, 0.6) is 11.5 Å². The Balaban J connectivity index is 2.37. The molecular formula is C16H14N2O3S. The van der Waals surface area contributed by atoms with Crippen LogP contribution in [0.2, 0.25) is 0 Å². The van der Waals surface area contributed by atoms with Crippen molar-refractivity contribution >= 4 is 23.5 Å². The van der Waals surface area contributed by atoms with Gasteiger partial charge in [0.25, 0.3) is 5.56 Å². The van der Waals surface area contributed by atoms with Gasteiger partial charge in [0.15, 0.2) is 5.16 Å². The summed E-state index contributed by atoms with van der Waals surface area (Å²) in [4.78, 5) is 17.2. The van der Waals surface area contributed by atoms with Gasteiger partial charge in [0.1, 0.15) is 11.5 Å². The van der Waals surface area contributed by atoms with Crippen LogP contribution in [0, 0.1) is 0 Å². The Morgan fingerprint density at radius 2 is 1.86 bits per heavy atom. The largest absolute Gasteiger partial charge is 0.497 e. The monoisotopic (exact) mass is 314 g/mol. The van der Waals surface area contributed by atoms with Gasteiger partial charge in [-0.1, -0.05) is 12.1 Å². The Kier molecular flexibility index (Phi) is 3.77. The molecule has 0 fully saturated rings. The van der Waals surface area contributed by atoms with E-state index in [1.165, 1.54) is 4.57 Å². The van der Waals surface area contributed by atoms with Gasteiger partial charge in [0, 0.05) is 0 Å². The van der Waals surface area contributed by atoms with Crippen LogP contribution in [0.15, 0.2) is 52.4 Å². The normalized spacial score (nSPS) is 10.7. The number of para-hydroxylation sites is 2. The highest BCUT2D eigenvalue weighted by molar-refractivity contribution is 7.80. The zero-order valence-electron chi connectivity index (χ0n) is 12.1. The predicted molar refractivity (Wildman–Crippen MR) is 87.7 cm³/mol. The quantitative estimate of drug-likeness (QED) is 0.596. The van der Waals surface area contributed by atoms with Crippen molar-refractivity contribution in [2.24, 2.45) is 0 Å². The number of fused-ring (bicyclic) bond motifs is 1. The van der Waals surface area contributed by atoms with Gasteiger partial charge in [0.2, 0.25) is 0 Å². The molecule has 1 aromatic heterocycles. The lowest BCUT2D eigenvalue weighted by atomic mass is 10.2. The van der Waals surface area contributed by atoms with Crippen LogP contribution in [-0.4, -0.2) is 23.8 Å². The summed E-state index contributed by atoms with van der Waals surface area (Å²) >= 11 is 4.35. The third kappa shape index (κ3) is 2.31. The van der Waals surface area contributed by atoms with Gasteiger partial charge >= 0.3 is 0 Å². The lowest BCUT2D eigenvalue weighted by Gasteiger charge is -2.13. The second-order valence-electron chi connectivity index (χ2n) is 4.61. The molecular weight excluding hydrogens is 300 g/mol. The average Bonchev–Trinajstić information content (AvgIpc) is 2.55. The van der Waals surface area contributed by atoms with Gasteiger partial charge in [0.05, 0.1) is 30.8 Å². The van der Waals surface area contributed by atoms with E-state index in [0.717, 1.165) is 0 Å². The number of aromatic nitrogens is 2. The molecule has 0 N–H and O–H groups in total. The van der Waals surface area contributed by atoms with Crippen molar-refractivity contribution in [2.75, 3.05) is 14.2 Å². The van der Waals surface area contributed by atoms with E-state index in [4.69, 9.17) is 9.47 Å². The Morgan fingerprint density at radius 1 is 1.09 bits per heavy atom. The molecule has 0 spiro atoms. The average molecular weight is 314 g/mol. The second kappa shape index (κ2) is 5.73. The third-order valence-electron chi connectivity index (χ3n) is 3.38. The Bertz CT molecular complexity index is 906. The van der Waals surface area contributed by atoms with Gasteiger partial charge in [-0.15, -0.1) is 12.6 Å². The fourth-order valence-corrected chi connectivity index (χ4v) is 2.62. The van der Waals surface area contributed by atoms with Gasteiger partial charge in [-0.25, -0.2) is 4.98 Å². The molecule has 22 heavy (non-hydrogen) atoms. The zero-order chi connectivity index (χ0) is 15.7. The molecule has 0 aliphatic heterocycles. The number of methoxy groups -OCH3 is 2. The van der Waals surface area contributed by atoms with Crippen molar-refractivity contribution in [1.29, 1.82) is 0 Å². The molecule has 0 atom stereocenters. The van der Waals surface area contributed by atoms with E-state index in [1.807, 2.05) is 12.1 Å². The number of benzene rings is 2. The summed E-state index contributed by atoms with van der Waals surface area (Å²) in [5.74, 6) is 1.17. The maximum Gasteiger partial charge on any atom is 0.266 e. The molecule has 2 aromatic carbocycles. The smallest absolute Gasteiger partial charge is 0.266 e.